The molecule has 184 valence electrons. The molecular weight excluding hydrogens is 533 g/mol. The molecule has 3 aromatic rings. The molecule has 1 atom stereocenters. The number of aryl methyl sites for hydroxylation is 1. The number of likely N-dealkylation sites (tertiary alicyclic amines) is 1. The maximum atomic E-state index is 12.7. The number of nitrogens with zero attached hydrogens (tertiary/aromatic N) is 5. The Balaban J connectivity index is 1.19. The van der Waals surface area contributed by atoms with Crippen LogP contribution in [0.4, 0.5) is 0 Å². The molecule has 0 saturated carbocycles. The van der Waals surface area contributed by atoms with Gasteiger partial charge in [0.05, 0.1) is 20.7 Å². The van der Waals surface area contributed by atoms with E-state index in [1.807, 2.05) is 10.3 Å². The van der Waals surface area contributed by atoms with Crippen molar-refractivity contribution in [3.63, 3.8) is 0 Å². The number of hydrogen-bond donors (Lipinski definition) is 0. The van der Waals surface area contributed by atoms with Crippen molar-refractivity contribution in [3.8, 4) is 0 Å². The smallest absolute Gasteiger partial charge is 0.267 e. The molecule has 12 heteroatoms. The average Bonchev–Trinajstić information content (AvgIpc) is 3.56. The number of piperidine rings is 1. The predicted octanol–water partition coefficient (Wildman–Crippen LogP) is 4.88. The topological polar surface area (TPSA) is 81.7 Å². The molecule has 0 aliphatic carbocycles. The van der Waals surface area contributed by atoms with Gasteiger partial charge >= 0.3 is 0 Å². The van der Waals surface area contributed by atoms with Gasteiger partial charge in [0, 0.05) is 60.7 Å². The van der Waals surface area contributed by atoms with Gasteiger partial charge in [-0.2, -0.15) is 0 Å². The third kappa shape index (κ3) is 5.00. The summed E-state index contributed by atoms with van der Waals surface area (Å²) in [5, 5.41) is 8.61. The van der Waals surface area contributed by atoms with Crippen LogP contribution in [-0.4, -0.2) is 44.0 Å². The summed E-state index contributed by atoms with van der Waals surface area (Å²) < 4.78 is 3.07. The molecule has 1 amide bonds. The number of amides is 1. The number of aromatic nitrogens is 3. The Bertz CT molecular complexity index is 1330. The second-order valence-electron chi connectivity index (χ2n) is 8.63. The highest BCUT2D eigenvalue weighted by atomic mass is 35.5. The lowest BCUT2D eigenvalue weighted by atomic mass is 9.97. The first-order chi connectivity index (χ1) is 16.8. The first-order valence-electron chi connectivity index (χ1n) is 11.1. The molecule has 5 rings (SSSR count). The van der Waals surface area contributed by atoms with Crippen LogP contribution in [0.3, 0.4) is 0 Å². The second-order valence-corrected chi connectivity index (χ2v) is 10.8. The third-order valence-corrected chi connectivity index (χ3v) is 8.25. The first-order valence-corrected chi connectivity index (χ1v) is 13.1. The number of hydrogen-bond acceptors (Lipinski definition) is 6. The first kappa shape index (κ1) is 24.4. The van der Waals surface area contributed by atoms with Gasteiger partial charge < -0.3 is 9.74 Å². The van der Waals surface area contributed by atoms with Crippen molar-refractivity contribution in [3.05, 3.63) is 71.5 Å². The van der Waals surface area contributed by atoms with E-state index in [9.17, 15) is 9.59 Å². The average molecular weight is 555 g/mol. The molecule has 0 bridgehead atoms. The van der Waals surface area contributed by atoms with E-state index in [4.69, 9.17) is 44.6 Å². The van der Waals surface area contributed by atoms with Crippen molar-refractivity contribution in [1.82, 2.24) is 19.2 Å². The van der Waals surface area contributed by atoms with Crippen LogP contribution >= 0.6 is 46.1 Å². The Morgan fingerprint density at radius 2 is 1.91 bits per heavy atom. The fourth-order valence-electron chi connectivity index (χ4n) is 4.44. The van der Waals surface area contributed by atoms with Gasteiger partial charge in [-0.3, -0.25) is 14.3 Å². The summed E-state index contributed by atoms with van der Waals surface area (Å²) in [6, 6.07) is 4.74. The van der Waals surface area contributed by atoms with Crippen LogP contribution in [0, 0.1) is 0 Å². The lowest BCUT2D eigenvalue weighted by Gasteiger charge is -2.31. The minimum absolute atomic E-state index is 0.0461. The van der Waals surface area contributed by atoms with Gasteiger partial charge in [0.15, 0.2) is 6.10 Å². The zero-order valence-electron chi connectivity index (χ0n) is 18.8. The van der Waals surface area contributed by atoms with E-state index in [1.54, 1.807) is 41.4 Å². The molecule has 1 saturated heterocycles. The van der Waals surface area contributed by atoms with Crippen LogP contribution in [0.25, 0.3) is 0 Å². The zero-order chi connectivity index (χ0) is 24.7. The van der Waals surface area contributed by atoms with Crippen molar-refractivity contribution < 1.29 is 9.63 Å². The molecular formula is C23H22Cl3N5O3S. The quantitative estimate of drug-likeness (QED) is 0.450. The van der Waals surface area contributed by atoms with Crippen molar-refractivity contribution in [1.29, 1.82) is 0 Å². The minimum Gasteiger partial charge on any atom is -0.387 e. The standard InChI is InChI=1S/C23H22Cl3N5O3S/c1-29-5-4-20(32)31(29)11-21(33)30-6-2-13(3-7-30)23-27-18(12-35-23)17-10-19(34-28-17)22-15(25)8-14(24)9-16(22)26/h4-5,8-9,12-13,19H,2-3,6-7,10-11H2,1H3. The normalized spacial score (nSPS) is 18.6. The van der Waals surface area contributed by atoms with Gasteiger partial charge in [0.1, 0.15) is 12.3 Å². The monoisotopic (exact) mass is 553 g/mol. The molecule has 1 unspecified atom stereocenters. The highest BCUT2D eigenvalue weighted by molar-refractivity contribution is 7.10. The number of carbonyl (C=O) groups is 1. The maximum Gasteiger partial charge on any atom is 0.267 e. The van der Waals surface area contributed by atoms with Gasteiger partial charge in [-0.05, 0) is 25.0 Å². The van der Waals surface area contributed by atoms with E-state index >= 15 is 0 Å². The Morgan fingerprint density at radius 1 is 1.20 bits per heavy atom. The number of benzene rings is 1. The lowest BCUT2D eigenvalue weighted by molar-refractivity contribution is -0.133. The summed E-state index contributed by atoms with van der Waals surface area (Å²) in [5.41, 5.74) is 2.03. The van der Waals surface area contributed by atoms with E-state index in [0.29, 0.717) is 40.1 Å². The second kappa shape index (κ2) is 9.97. The molecule has 0 N–H and O–H groups in total. The van der Waals surface area contributed by atoms with Crippen molar-refractivity contribution >= 4 is 57.8 Å². The number of rotatable bonds is 5. The fraction of sp³-hybridized carbons (Fsp3) is 0.391. The van der Waals surface area contributed by atoms with Gasteiger partial charge in [-0.1, -0.05) is 40.0 Å². The summed E-state index contributed by atoms with van der Waals surface area (Å²) in [6.07, 6.45) is 3.42. The van der Waals surface area contributed by atoms with Crippen LogP contribution in [0.1, 0.15) is 47.5 Å². The third-order valence-electron chi connectivity index (χ3n) is 6.40. The van der Waals surface area contributed by atoms with Crippen molar-refractivity contribution in [2.45, 2.75) is 37.8 Å². The summed E-state index contributed by atoms with van der Waals surface area (Å²) in [6.45, 7) is 1.33. The maximum absolute atomic E-state index is 12.7. The van der Waals surface area contributed by atoms with Crippen LogP contribution in [0.2, 0.25) is 15.1 Å². The molecule has 2 aliphatic heterocycles. The van der Waals surface area contributed by atoms with Crippen LogP contribution < -0.4 is 5.56 Å². The van der Waals surface area contributed by atoms with Gasteiger partial charge in [0.25, 0.3) is 5.56 Å². The Morgan fingerprint density at radius 3 is 2.57 bits per heavy atom. The van der Waals surface area contributed by atoms with Gasteiger partial charge in [-0.15, -0.1) is 11.3 Å². The van der Waals surface area contributed by atoms with E-state index < -0.39 is 6.10 Å². The van der Waals surface area contributed by atoms with Gasteiger partial charge in [0.2, 0.25) is 5.91 Å². The Hall–Kier alpha value is -2.33. The van der Waals surface area contributed by atoms with Gasteiger partial charge in [-0.25, -0.2) is 9.67 Å². The summed E-state index contributed by atoms with van der Waals surface area (Å²) >= 11 is 20.3. The summed E-state index contributed by atoms with van der Waals surface area (Å²) in [4.78, 5) is 36.9. The molecule has 2 aliphatic rings. The molecule has 0 spiro atoms. The van der Waals surface area contributed by atoms with Crippen molar-refractivity contribution in [2.24, 2.45) is 12.2 Å². The Kier molecular flexibility index (Phi) is 6.94. The van der Waals surface area contributed by atoms with E-state index in [1.165, 1.54) is 10.7 Å². The SMILES string of the molecule is Cn1ccc(=O)n1CC(=O)N1CCC(c2nc(C3=NOC(c4c(Cl)cc(Cl)cc4Cl)C3)cs2)CC1. The van der Waals surface area contributed by atoms with Crippen molar-refractivity contribution in [2.75, 3.05) is 13.1 Å². The molecule has 8 nitrogen and oxygen atoms in total. The molecule has 4 heterocycles. The Labute approximate surface area is 220 Å². The highest BCUT2D eigenvalue weighted by Gasteiger charge is 2.31. The molecule has 1 fully saturated rings. The molecule has 2 aromatic heterocycles. The molecule has 1 aromatic carbocycles. The zero-order valence-corrected chi connectivity index (χ0v) is 21.9. The predicted molar refractivity (Wildman–Crippen MR) is 137 cm³/mol. The minimum atomic E-state index is -0.390. The van der Waals surface area contributed by atoms with Crippen LogP contribution in [0.5, 0.6) is 0 Å². The summed E-state index contributed by atoms with van der Waals surface area (Å²) in [7, 11) is 1.75. The number of thiazole rings is 1. The highest BCUT2D eigenvalue weighted by Crippen LogP contribution is 2.40. The molecule has 0 radical (unpaired) electrons. The molecule has 35 heavy (non-hydrogen) atoms. The van der Waals surface area contributed by atoms with E-state index in [2.05, 4.69) is 5.16 Å². The lowest BCUT2D eigenvalue weighted by Crippen LogP contribution is -2.41. The van der Waals surface area contributed by atoms with E-state index in [0.717, 1.165) is 29.3 Å². The fourth-order valence-corrected chi connectivity index (χ4v) is 6.50. The van der Waals surface area contributed by atoms with E-state index in [-0.39, 0.29) is 23.9 Å². The van der Waals surface area contributed by atoms with Crippen LogP contribution in [0.15, 0.2) is 39.7 Å². The number of oxime groups is 1. The number of halogens is 3. The summed E-state index contributed by atoms with van der Waals surface area (Å²) in [5.74, 6) is 0.227. The van der Waals surface area contributed by atoms with Crippen LogP contribution in [-0.2, 0) is 23.2 Å². The number of carbonyl (C=O) groups excluding carboxylic acids is 1. The largest absolute Gasteiger partial charge is 0.387 e.